The van der Waals surface area contributed by atoms with Crippen molar-refractivity contribution in [2.24, 2.45) is 5.73 Å². The molecule has 1 atom stereocenters. The molecule has 4 N–H and O–H groups in total. The number of hydrogen-bond donors (Lipinski definition) is 3. The van der Waals surface area contributed by atoms with Gasteiger partial charge < -0.3 is 10.7 Å². The summed E-state index contributed by atoms with van der Waals surface area (Å²) in [6.45, 7) is 3.83. The molecule has 0 aliphatic rings. The van der Waals surface area contributed by atoms with Crippen LogP contribution >= 0.6 is 0 Å². The summed E-state index contributed by atoms with van der Waals surface area (Å²) in [5.41, 5.74) is 9.18. The summed E-state index contributed by atoms with van der Waals surface area (Å²) in [5, 5.41) is 10.1. The molecule has 6 nitrogen and oxygen atoms in total. The van der Waals surface area contributed by atoms with Crippen LogP contribution in [0.4, 0.5) is 5.69 Å². The van der Waals surface area contributed by atoms with Crippen LogP contribution in [0.5, 0.6) is 0 Å². The van der Waals surface area contributed by atoms with Crippen molar-refractivity contribution < 1.29 is 8.42 Å². The normalized spacial score (nSPS) is 12.7. The van der Waals surface area contributed by atoms with Crippen molar-refractivity contribution in [2.75, 3.05) is 4.72 Å². The maximum absolute atomic E-state index is 12.7. The number of aryl methyl sites for hydroxylation is 1. The number of H-pyrrole nitrogens is 1. The molecule has 0 spiro atoms. The van der Waals surface area contributed by atoms with E-state index in [0.29, 0.717) is 16.8 Å². The summed E-state index contributed by atoms with van der Waals surface area (Å²) < 4.78 is 28.1. The van der Waals surface area contributed by atoms with Gasteiger partial charge in [0.05, 0.1) is 21.7 Å². The smallest absolute Gasteiger partial charge is 0.261 e. The molecule has 0 saturated heterocycles. The van der Waals surface area contributed by atoms with Crippen LogP contribution in [0.2, 0.25) is 0 Å². The lowest BCUT2D eigenvalue weighted by molar-refractivity contribution is 0.601. The van der Waals surface area contributed by atoms with Crippen molar-refractivity contribution in [1.29, 1.82) is 5.26 Å². The highest BCUT2D eigenvalue weighted by atomic mass is 32.2. The molecule has 134 valence electrons. The third kappa shape index (κ3) is 3.17. The van der Waals surface area contributed by atoms with E-state index in [1.807, 2.05) is 19.9 Å². The molecule has 2 aromatic carbocycles. The molecule has 0 aliphatic carbocycles. The monoisotopic (exact) mass is 368 g/mol. The van der Waals surface area contributed by atoms with Gasteiger partial charge >= 0.3 is 0 Å². The Morgan fingerprint density at radius 3 is 2.50 bits per heavy atom. The summed E-state index contributed by atoms with van der Waals surface area (Å²) in [5.74, 6) is 0. The molecular formula is C19H20N4O2S. The van der Waals surface area contributed by atoms with E-state index in [0.717, 1.165) is 22.9 Å². The summed E-state index contributed by atoms with van der Waals surface area (Å²) in [4.78, 5) is 3.17. The number of aromatic nitrogens is 1. The van der Waals surface area contributed by atoms with Crippen LogP contribution < -0.4 is 10.5 Å². The highest BCUT2D eigenvalue weighted by Gasteiger charge is 2.18. The maximum Gasteiger partial charge on any atom is 0.261 e. The number of hydrogen-bond acceptors (Lipinski definition) is 4. The van der Waals surface area contributed by atoms with Crippen LogP contribution in [0.25, 0.3) is 10.9 Å². The number of aromatic amines is 1. The molecule has 0 radical (unpaired) electrons. The Morgan fingerprint density at radius 1 is 1.23 bits per heavy atom. The van der Waals surface area contributed by atoms with E-state index in [9.17, 15) is 13.7 Å². The first-order valence-electron chi connectivity index (χ1n) is 8.28. The van der Waals surface area contributed by atoms with Gasteiger partial charge in [-0.15, -0.1) is 0 Å². The SMILES string of the molecule is CCc1ccc(NS(=O)(=O)c2ccc(C(C)N)cc2)c2[nH]cc(C#N)c12. The zero-order chi connectivity index (χ0) is 18.9. The van der Waals surface area contributed by atoms with Crippen molar-refractivity contribution in [3.63, 3.8) is 0 Å². The fourth-order valence-corrected chi connectivity index (χ4v) is 4.01. The number of rotatable bonds is 5. The molecule has 1 unspecified atom stereocenters. The lowest BCUT2D eigenvalue weighted by Crippen LogP contribution is -2.14. The third-order valence-electron chi connectivity index (χ3n) is 4.38. The number of nitrogens with one attached hydrogen (secondary N) is 2. The largest absolute Gasteiger partial charge is 0.358 e. The van der Waals surface area contributed by atoms with Gasteiger partial charge in [-0.2, -0.15) is 5.26 Å². The van der Waals surface area contributed by atoms with Crippen molar-refractivity contribution in [3.05, 3.63) is 59.3 Å². The van der Waals surface area contributed by atoms with Gasteiger partial charge in [-0.25, -0.2) is 8.42 Å². The highest BCUT2D eigenvalue weighted by Crippen LogP contribution is 2.30. The van der Waals surface area contributed by atoms with E-state index >= 15 is 0 Å². The number of fused-ring (bicyclic) bond motifs is 1. The lowest BCUT2D eigenvalue weighted by atomic mass is 10.0. The number of nitrogens with zero attached hydrogens (tertiary/aromatic N) is 1. The minimum Gasteiger partial charge on any atom is -0.358 e. The Balaban J connectivity index is 2.03. The van der Waals surface area contributed by atoms with Gasteiger partial charge in [0.25, 0.3) is 10.0 Å². The molecule has 7 heteroatoms. The predicted molar refractivity (Wildman–Crippen MR) is 102 cm³/mol. The molecule has 3 aromatic rings. The molecule has 0 saturated carbocycles. The average molecular weight is 368 g/mol. The number of sulfonamides is 1. The minimum atomic E-state index is -3.76. The fraction of sp³-hybridized carbons (Fsp3) is 0.211. The van der Waals surface area contributed by atoms with Gasteiger partial charge in [-0.05, 0) is 42.7 Å². The summed E-state index contributed by atoms with van der Waals surface area (Å²) in [6.07, 6.45) is 2.34. The molecule has 3 rings (SSSR count). The minimum absolute atomic E-state index is 0.154. The Hall–Kier alpha value is -2.82. The standard InChI is InChI=1S/C19H20N4O2S/c1-3-13-6-9-17(19-18(13)15(10-20)11-22-19)23-26(24,25)16-7-4-14(5-8-16)12(2)21/h4-9,11-12,22-23H,3,21H2,1-2H3. The van der Waals surface area contributed by atoms with Crippen molar-refractivity contribution in [2.45, 2.75) is 31.2 Å². The summed E-state index contributed by atoms with van der Waals surface area (Å²) in [6, 6.07) is 12.0. The van der Waals surface area contributed by atoms with Gasteiger partial charge in [0.1, 0.15) is 6.07 Å². The van der Waals surface area contributed by atoms with Gasteiger partial charge in [0.15, 0.2) is 0 Å². The van der Waals surface area contributed by atoms with Crippen LogP contribution in [0.1, 0.15) is 36.6 Å². The van der Waals surface area contributed by atoms with Crippen molar-refractivity contribution in [3.8, 4) is 6.07 Å². The van der Waals surface area contributed by atoms with Crippen LogP contribution in [0.15, 0.2) is 47.5 Å². The molecule has 0 bridgehead atoms. The Morgan fingerprint density at radius 2 is 1.92 bits per heavy atom. The lowest BCUT2D eigenvalue weighted by Gasteiger charge is -2.12. The van der Waals surface area contributed by atoms with Crippen LogP contribution in [0.3, 0.4) is 0 Å². The molecule has 0 aliphatic heterocycles. The Bertz CT molecular complexity index is 1090. The van der Waals surface area contributed by atoms with E-state index in [1.165, 1.54) is 12.1 Å². The number of anilines is 1. The molecular weight excluding hydrogens is 348 g/mol. The molecule has 26 heavy (non-hydrogen) atoms. The highest BCUT2D eigenvalue weighted by molar-refractivity contribution is 7.92. The van der Waals surface area contributed by atoms with Gasteiger partial charge in [0.2, 0.25) is 0 Å². The first-order valence-corrected chi connectivity index (χ1v) is 9.77. The topological polar surface area (TPSA) is 112 Å². The number of benzene rings is 2. The van der Waals surface area contributed by atoms with Crippen LogP contribution in [-0.4, -0.2) is 13.4 Å². The Kier molecular flexibility index (Phi) is 4.72. The second-order valence-electron chi connectivity index (χ2n) is 6.15. The number of nitriles is 1. The van der Waals surface area contributed by atoms with Crippen LogP contribution in [-0.2, 0) is 16.4 Å². The molecule has 1 aromatic heterocycles. The number of nitrogens with two attached hydrogens (primary N) is 1. The van der Waals surface area contributed by atoms with Gasteiger partial charge in [0, 0.05) is 17.6 Å². The van der Waals surface area contributed by atoms with Crippen molar-refractivity contribution >= 4 is 26.6 Å². The second-order valence-corrected chi connectivity index (χ2v) is 7.84. The Labute approximate surface area is 152 Å². The van der Waals surface area contributed by atoms with E-state index in [1.54, 1.807) is 24.4 Å². The van der Waals surface area contributed by atoms with Crippen LogP contribution in [0, 0.1) is 11.3 Å². The van der Waals surface area contributed by atoms with Gasteiger partial charge in [-0.3, -0.25) is 4.72 Å². The fourth-order valence-electron chi connectivity index (χ4n) is 2.94. The molecule has 0 amide bonds. The molecule has 1 heterocycles. The zero-order valence-corrected chi connectivity index (χ0v) is 15.4. The second kappa shape index (κ2) is 6.83. The summed E-state index contributed by atoms with van der Waals surface area (Å²) in [7, 11) is -3.76. The third-order valence-corrected chi connectivity index (χ3v) is 5.77. The van der Waals surface area contributed by atoms with Crippen molar-refractivity contribution in [1.82, 2.24) is 4.98 Å². The quantitative estimate of drug-likeness (QED) is 0.640. The maximum atomic E-state index is 12.7. The molecule has 0 fully saturated rings. The zero-order valence-electron chi connectivity index (χ0n) is 14.6. The average Bonchev–Trinajstić information content (AvgIpc) is 3.06. The van der Waals surface area contributed by atoms with E-state index in [-0.39, 0.29) is 10.9 Å². The van der Waals surface area contributed by atoms with E-state index < -0.39 is 10.0 Å². The predicted octanol–water partition coefficient (Wildman–Crippen LogP) is 3.42. The summed E-state index contributed by atoms with van der Waals surface area (Å²) >= 11 is 0. The van der Waals surface area contributed by atoms with E-state index in [4.69, 9.17) is 5.73 Å². The first-order chi connectivity index (χ1) is 12.4. The van der Waals surface area contributed by atoms with E-state index in [2.05, 4.69) is 15.8 Å². The first kappa shape index (κ1) is 18.0. The van der Waals surface area contributed by atoms with Gasteiger partial charge in [-0.1, -0.05) is 25.1 Å².